The van der Waals surface area contributed by atoms with Gasteiger partial charge in [0, 0.05) is 17.7 Å². The molecule has 3 rings (SSSR count). The van der Waals surface area contributed by atoms with Crippen LogP contribution in [0.3, 0.4) is 0 Å². The van der Waals surface area contributed by atoms with Gasteiger partial charge in [-0.05, 0) is 44.0 Å². The van der Waals surface area contributed by atoms with Gasteiger partial charge in [-0.1, -0.05) is 12.1 Å². The monoisotopic (exact) mass is 505 g/mol. The number of nitrogens with zero attached hydrogens (tertiary/aromatic N) is 2. The number of hydrogen-bond acceptors (Lipinski definition) is 10. The highest BCUT2D eigenvalue weighted by Gasteiger charge is 2.42. The summed E-state index contributed by atoms with van der Waals surface area (Å²) in [6, 6.07) is 6.83. The number of rotatable bonds is 7. The SMILES string of the molecule is CCN(C(=O)c1ccc(CON(O)O)cc1)[C@H]1CC(C)S(=O)(=O)c2sc(S(N)(=O)=O)cc21. The van der Waals surface area contributed by atoms with Crippen LogP contribution in [0, 0.1) is 0 Å². The smallest absolute Gasteiger partial charge is 0.254 e. The summed E-state index contributed by atoms with van der Waals surface area (Å²) in [5.41, 5.74) is 1.15. The summed E-state index contributed by atoms with van der Waals surface area (Å²) in [4.78, 5) is 19.3. The Kier molecular flexibility index (Phi) is 7.07. The van der Waals surface area contributed by atoms with Gasteiger partial charge in [0.05, 0.1) is 23.3 Å². The second-order valence-corrected chi connectivity index (χ2v) is 12.7. The molecule has 0 fully saturated rings. The zero-order valence-electron chi connectivity index (χ0n) is 17.2. The quantitative estimate of drug-likeness (QED) is 0.474. The zero-order valence-corrected chi connectivity index (χ0v) is 19.7. The third-order valence-electron chi connectivity index (χ3n) is 5.21. The van der Waals surface area contributed by atoms with Crippen LogP contribution in [0.4, 0.5) is 0 Å². The maximum Gasteiger partial charge on any atom is 0.254 e. The van der Waals surface area contributed by atoms with Gasteiger partial charge in [0.15, 0.2) is 9.84 Å². The van der Waals surface area contributed by atoms with Gasteiger partial charge in [0.25, 0.3) is 5.91 Å². The molecule has 0 aliphatic carbocycles. The predicted octanol–water partition coefficient (Wildman–Crippen LogP) is 1.68. The molecule has 2 heterocycles. The molecule has 2 atom stereocenters. The largest absolute Gasteiger partial charge is 0.332 e. The van der Waals surface area contributed by atoms with Gasteiger partial charge in [-0.15, -0.1) is 11.3 Å². The van der Waals surface area contributed by atoms with E-state index in [1.165, 1.54) is 30.0 Å². The third kappa shape index (κ3) is 4.87. The molecule has 11 nitrogen and oxygen atoms in total. The van der Waals surface area contributed by atoms with Crippen molar-refractivity contribution in [1.82, 2.24) is 10.3 Å². The van der Waals surface area contributed by atoms with E-state index in [1.54, 1.807) is 19.1 Å². The van der Waals surface area contributed by atoms with Crippen LogP contribution in [-0.2, 0) is 31.3 Å². The number of nitrogens with two attached hydrogens (primary N) is 1. The lowest BCUT2D eigenvalue weighted by Gasteiger charge is -2.36. The molecule has 1 amide bonds. The molecule has 0 bridgehead atoms. The van der Waals surface area contributed by atoms with Crippen LogP contribution in [0.1, 0.15) is 47.8 Å². The van der Waals surface area contributed by atoms with Crippen molar-refractivity contribution in [2.24, 2.45) is 5.14 Å². The molecule has 0 radical (unpaired) electrons. The van der Waals surface area contributed by atoms with Crippen LogP contribution in [0.2, 0.25) is 0 Å². The van der Waals surface area contributed by atoms with Crippen molar-refractivity contribution in [3.63, 3.8) is 0 Å². The molecular formula is C18H23N3O8S3. The van der Waals surface area contributed by atoms with E-state index in [-0.39, 0.29) is 39.5 Å². The molecule has 1 unspecified atom stereocenters. The van der Waals surface area contributed by atoms with E-state index in [1.807, 2.05) is 0 Å². The Morgan fingerprint density at radius 1 is 1.28 bits per heavy atom. The van der Waals surface area contributed by atoms with Gasteiger partial charge >= 0.3 is 0 Å². The normalized spacial score (nSPS) is 20.2. The molecule has 1 aliphatic rings. The predicted molar refractivity (Wildman–Crippen MR) is 113 cm³/mol. The maximum atomic E-state index is 13.3. The highest BCUT2D eigenvalue weighted by atomic mass is 32.3. The molecule has 14 heteroatoms. The minimum Gasteiger partial charge on any atom is -0.332 e. The lowest BCUT2D eigenvalue weighted by Crippen LogP contribution is -2.40. The van der Waals surface area contributed by atoms with E-state index >= 15 is 0 Å². The summed E-state index contributed by atoms with van der Waals surface area (Å²) in [5.74, 6) is -0.364. The lowest BCUT2D eigenvalue weighted by molar-refractivity contribution is -0.497. The number of sulfone groups is 1. The topological polar surface area (TPSA) is 168 Å². The highest BCUT2D eigenvalue weighted by Crippen LogP contribution is 2.45. The van der Waals surface area contributed by atoms with Crippen molar-refractivity contribution in [2.75, 3.05) is 6.54 Å². The van der Waals surface area contributed by atoms with Gasteiger partial charge in [-0.3, -0.25) is 15.2 Å². The minimum absolute atomic E-state index is 0.0819. The third-order valence-corrected chi connectivity index (χ3v) is 10.5. The van der Waals surface area contributed by atoms with Crippen LogP contribution in [-0.4, -0.2) is 55.2 Å². The summed E-state index contributed by atoms with van der Waals surface area (Å²) in [6.45, 7) is 3.40. The van der Waals surface area contributed by atoms with Gasteiger partial charge in [-0.2, -0.15) is 0 Å². The van der Waals surface area contributed by atoms with E-state index in [0.717, 1.165) is 0 Å². The molecule has 0 spiro atoms. The van der Waals surface area contributed by atoms with E-state index in [4.69, 9.17) is 15.6 Å². The number of carbonyl (C=O) groups excluding carboxylic acids is 1. The minimum atomic E-state index is -4.11. The maximum absolute atomic E-state index is 13.3. The Balaban J connectivity index is 1.97. The first-order chi connectivity index (χ1) is 14.9. The molecule has 0 saturated heterocycles. The van der Waals surface area contributed by atoms with E-state index in [2.05, 4.69) is 4.84 Å². The molecule has 32 heavy (non-hydrogen) atoms. The Bertz CT molecular complexity index is 1210. The molecule has 1 aromatic heterocycles. The molecule has 4 N–H and O–H groups in total. The average Bonchev–Trinajstić information content (AvgIpc) is 3.18. The molecule has 1 aromatic carbocycles. The Labute approximate surface area is 189 Å². The van der Waals surface area contributed by atoms with Gasteiger partial charge < -0.3 is 4.90 Å². The number of benzene rings is 1. The van der Waals surface area contributed by atoms with Crippen molar-refractivity contribution in [3.8, 4) is 0 Å². The van der Waals surface area contributed by atoms with E-state index in [0.29, 0.717) is 22.5 Å². The van der Waals surface area contributed by atoms with E-state index in [9.17, 15) is 21.6 Å². The standard InChI is InChI=1S/C18H23N3O8S3/c1-3-20(17(22)13-6-4-12(5-7-13)10-29-21(23)24)15-8-11(2)31(25,26)18-14(15)9-16(30-18)32(19,27)28/h4-7,9,11,15,23-24H,3,8,10H2,1-2H3,(H2,19,27,28)/t11?,15-/m0/s1. The van der Waals surface area contributed by atoms with Crippen molar-refractivity contribution >= 4 is 37.1 Å². The number of sulfonamides is 1. The number of fused-ring (bicyclic) bond motifs is 1. The first kappa shape index (κ1) is 24.7. The number of amides is 1. The fourth-order valence-corrected chi connectivity index (χ4v) is 7.95. The summed E-state index contributed by atoms with van der Waals surface area (Å²) in [7, 11) is -7.85. The fraction of sp³-hybridized carbons (Fsp3) is 0.389. The highest BCUT2D eigenvalue weighted by molar-refractivity contribution is 7.95. The average molecular weight is 506 g/mol. The second-order valence-electron chi connectivity index (χ2n) is 7.27. The first-order valence-electron chi connectivity index (χ1n) is 9.47. The molecule has 2 aromatic rings. The van der Waals surface area contributed by atoms with Crippen molar-refractivity contribution in [2.45, 2.75) is 46.6 Å². The first-order valence-corrected chi connectivity index (χ1v) is 13.4. The Morgan fingerprint density at radius 3 is 2.44 bits per heavy atom. The van der Waals surface area contributed by atoms with Crippen LogP contribution < -0.4 is 5.14 Å². The Hall–Kier alpha value is -1.91. The van der Waals surface area contributed by atoms with Crippen molar-refractivity contribution in [3.05, 3.63) is 47.0 Å². The number of primary sulfonamides is 1. The number of thiophene rings is 1. The Morgan fingerprint density at radius 2 is 1.91 bits per heavy atom. The van der Waals surface area contributed by atoms with Gasteiger partial charge in [0.1, 0.15) is 8.42 Å². The van der Waals surface area contributed by atoms with Gasteiger partial charge in [-0.25, -0.2) is 26.8 Å². The number of carbonyl (C=O) groups is 1. The zero-order chi connectivity index (χ0) is 23.8. The van der Waals surface area contributed by atoms with Gasteiger partial charge in [0.2, 0.25) is 10.0 Å². The van der Waals surface area contributed by atoms with Crippen LogP contribution in [0.15, 0.2) is 38.8 Å². The number of hydrogen-bond donors (Lipinski definition) is 3. The molecule has 0 saturated carbocycles. The summed E-state index contributed by atoms with van der Waals surface area (Å²) < 4.78 is 49.0. The van der Waals surface area contributed by atoms with Crippen LogP contribution >= 0.6 is 11.3 Å². The van der Waals surface area contributed by atoms with Crippen LogP contribution in [0.5, 0.6) is 0 Å². The van der Waals surface area contributed by atoms with Crippen molar-refractivity contribution in [1.29, 1.82) is 0 Å². The fourth-order valence-electron chi connectivity index (χ4n) is 3.55. The summed E-state index contributed by atoms with van der Waals surface area (Å²) in [5, 5.41) is 21.2. The van der Waals surface area contributed by atoms with Crippen molar-refractivity contribution < 1.29 is 36.9 Å². The molecule has 1 aliphatic heterocycles. The molecule has 176 valence electrons. The lowest BCUT2D eigenvalue weighted by atomic mass is 10.0. The van der Waals surface area contributed by atoms with E-state index < -0.39 is 36.5 Å². The van der Waals surface area contributed by atoms with Crippen LogP contribution in [0.25, 0.3) is 0 Å². The molecular weight excluding hydrogens is 482 g/mol. The second kappa shape index (κ2) is 9.15. The summed E-state index contributed by atoms with van der Waals surface area (Å²) in [6.07, 6.45) is 0.116. The summed E-state index contributed by atoms with van der Waals surface area (Å²) >= 11 is 0.604.